The molecule has 5 nitrogen and oxygen atoms in total. The van der Waals surface area contributed by atoms with Gasteiger partial charge in [-0.2, -0.15) is 13.2 Å². The number of nitrogens with one attached hydrogen (secondary N) is 1. The first-order chi connectivity index (χ1) is 12.7. The zero-order chi connectivity index (χ0) is 20.0. The number of benzene rings is 2. The SMILES string of the molecule is CC(=O)Nc1cccc(CCc2ccc(CN(N)C=O)cc2)c1C(F)(F)F. The van der Waals surface area contributed by atoms with Crippen LogP contribution in [0.25, 0.3) is 0 Å². The number of carbonyl (C=O) groups is 2. The van der Waals surface area contributed by atoms with Crippen LogP contribution in [0.4, 0.5) is 18.9 Å². The molecule has 0 fully saturated rings. The van der Waals surface area contributed by atoms with E-state index in [-0.39, 0.29) is 24.2 Å². The summed E-state index contributed by atoms with van der Waals surface area (Å²) in [4.78, 5) is 21.7. The topological polar surface area (TPSA) is 75.4 Å². The van der Waals surface area contributed by atoms with Gasteiger partial charge in [-0.3, -0.25) is 14.6 Å². The van der Waals surface area contributed by atoms with E-state index in [2.05, 4.69) is 5.32 Å². The predicted molar refractivity (Wildman–Crippen MR) is 95.4 cm³/mol. The smallest absolute Gasteiger partial charge is 0.326 e. The number of amides is 2. The van der Waals surface area contributed by atoms with Crippen molar-refractivity contribution in [3.63, 3.8) is 0 Å². The molecule has 0 atom stereocenters. The third-order valence-electron chi connectivity index (χ3n) is 3.95. The van der Waals surface area contributed by atoms with Crippen molar-refractivity contribution in [3.05, 3.63) is 64.7 Å². The number of carbonyl (C=O) groups excluding carboxylic acids is 2. The van der Waals surface area contributed by atoms with Crippen LogP contribution in [0.2, 0.25) is 0 Å². The Bertz CT molecular complexity index is 805. The summed E-state index contributed by atoms with van der Waals surface area (Å²) in [6.45, 7) is 1.42. The number of aryl methyl sites for hydroxylation is 2. The molecule has 0 saturated heterocycles. The van der Waals surface area contributed by atoms with Gasteiger partial charge >= 0.3 is 6.18 Å². The van der Waals surface area contributed by atoms with Crippen LogP contribution in [0.15, 0.2) is 42.5 Å². The fraction of sp³-hybridized carbons (Fsp3) is 0.263. The molecule has 3 N–H and O–H groups in total. The highest BCUT2D eigenvalue weighted by molar-refractivity contribution is 5.89. The van der Waals surface area contributed by atoms with Gasteiger partial charge < -0.3 is 5.32 Å². The fourth-order valence-electron chi connectivity index (χ4n) is 2.78. The second-order valence-electron chi connectivity index (χ2n) is 6.11. The Morgan fingerprint density at radius 3 is 2.30 bits per heavy atom. The van der Waals surface area contributed by atoms with Crippen molar-refractivity contribution < 1.29 is 22.8 Å². The first-order valence-corrected chi connectivity index (χ1v) is 8.22. The lowest BCUT2D eigenvalue weighted by Crippen LogP contribution is -2.28. The van der Waals surface area contributed by atoms with Gasteiger partial charge in [0.05, 0.1) is 17.8 Å². The zero-order valence-electron chi connectivity index (χ0n) is 14.7. The number of nitrogens with zero attached hydrogens (tertiary/aromatic N) is 1. The number of halogens is 3. The summed E-state index contributed by atoms with van der Waals surface area (Å²) in [6.07, 6.45) is -3.50. The van der Waals surface area contributed by atoms with Crippen LogP contribution in [0, 0.1) is 0 Å². The Morgan fingerprint density at radius 2 is 1.74 bits per heavy atom. The molecule has 0 aliphatic rings. The summed E-state index contributed by atoms with van der Waals surface area (Å²) in [6, 6.07) is 11.3. The van der Waals surface area contributed by atoms with E-state index >= 15 is 0 Å². The average molecular weight is 379 g/mol. The highest BCUT2D eigenvalue weighted by Crippen LogP contribution is 2.38. The molecule has 8 heteroatoms. The molecule has 0 heterocycles. The lowest BCUT2D eigenvalue weighted by molar-refractivity contribution is -0.137. The van der Waals surface area contributed by atoms with E-state index in [0.717, 1.165) is 16.1 Å². The largest absolute Gasteiger partial charge is 0.418 e. The molecule has 0 saturated carbocycles. The molecule has 2 rings (SSSR count). The summed E-state index contributed by atoms with van der Waals surface area (Å²) >= 11 is 0. The van der Waals surface area contributed by atoms with Crippen molar-refractivity contribution in [2.24, 2.45) is 5.84 Å². The number of nitrogens with two attached hydrogens (primary N) is 1. The van der Waals surface area contributed by atoms with Gasteiger partial charge in [0.25, 0.3) is 0 Å². The molecule has 0 aromatic heterocycles. The minimum absolute atomic E-state index is 0.118. The molecule has 0 aliphatic carbocycles. The van der Waals surface area contributed by atoms with Crippen LogP contribution in [0.1, 0.15) is 29.2 Å². The Labute approximate surface area is 154 Å². The third kappa shape index (κ3) is 5.82. The van der Waals surface area contributed by atoms with Crippen molar-refractivity contribution in [2.45, 2.75) is 32.5 Å². The number of hydrazine groups is 1. The summed E-state index contributed by atoms with van der Waals surface area (Å²) in [7, 11) is 0. The second kappa shape index (κ2) is 8.68. The van der Waals surface area contributed by atoms with E-state index in [1.54, 1.807) is 24.3 Å². The first kappa shape index (κ1) is 20.4. The van der Waals surface area contributed by atoms with Crippen molar-refractivity contribution in [2.75, 3.05) is 5.32 Å². The molecule has 2 aromatic carbocycles. The third-order valence-corrected chi connectivity index (χ3v) is 3.95. The monoisotopic (exact) mass is 379 g/mol. The maximum atomic E-state index is 13.5. The molecule has 0 radical (unpaired) electrons. The highest BCUT2D eigenvalue weighted by Gasteiger charge is 2.36. The molecule has 2 amide bonds. The van der Waals surface area contributed by atoms with Crippen molar-refractivity contribution in [1.82, 2.24) is 5.01 Å². The van der Waals surface area contributed by atoms with Gasteiger partial charge in [0.2, 0.25) is 12.3 Å². The van der Waals surface area contributed by atoms with Crippen LogP contribution in [0.5, 0.6) is 0 Å². The highest BCUT2D eigenvalue weighted by atomic mass is 19.4. The van der Waals surface area contributed by atoms with Crippen LogP contribution in [-0.2, 0) is 35.2 Å². The minimum Gasteiger partial charge on any atom is -0.326 e. The predicted octanol–water partition coefficient (Wildman–Crippen LogP) is 3.28. The lowest BCUT2D eigenvalue weighted by atomic mass is 9.97. The van der Waals surface area contributed by atoms with Gasteiger partial charge in [0.15, 0.2) is 0 Å². The standard InChI is InChI=1S/C19H20F3N3O2/c1-13(27)24-17-4-2-3-16(18(17)19(20,21)22)10-9-14-5-7-15(8-6-14)11-25(23)12-26/h2-8,12H,9-11,23H2,1H3,(H,24,27). The molecule has 27 heavy (non-hydrogen) atoms. The molecule has 0 bridgehead atoms. The van der Waals surface area contributed by atoms with Crippen molar-refractivity contribution in [3.8, 4) is 0 Å². The Hall–Kier alpha value is -2.87. The van der Waals surface area contributed by atoms with Gasteiger partial charge in [-0.15, -0.1) is 0 Å². The Kier molecular flexibility index (Phi) is 6.57. The molecule has 0 spiro atoms. The van der Waals surface area contributed by atoms with E-state index in [0.29, 0.717) is 12.8 Å². The quantitative estimate of drug-likeness (QED) is 0.336. The molecule has 2 aromatic rings. The lowest BCUT2D eigenvalue weighted by Gasteiger charge is -2.17. The summed E-state index contributed by atoms with van der Waals surface area (Å²) in [5.74, 6) is 4.85. The molecule has 0 aliphatic heterocycles. The second-order valence-corrected chi connectivity index (χ2v) is 6.11. The van der Waals surface area contributed by atoms with Gasteiger partial charge in [-0.25, -0.2) is 5.84 Å². The van der Waals surface area contributed by atoms with E-state index in [9.17, 15) is 22.8 Å². The van der Waals surface area contributed by atoms with E-state index in [1.165, 1.54) is 25.1 Å². The van der Waals surface area contributed by atoms with E-state index in [4.69, 9.17) is 5.84 Å². The summed E-state index contributed by atoms with van der Waals surface area (Å²) < 4.78 is 40.5. The van der Waals surface area contributed by atoms with Gasteiger partial charge in [-0.1, -0.05) is 36.4 Å². The molecule has 0 unspecified atom stereocenters. The zero-order valence-corrected chi connectivity index (χ0v) is 14.7. The van der Waals surface area contributed by atoms with Crippen LogP contribution >= 0.6 is 0 Å². The van der Waals surface area contributed by atoms with Gasteiger partial charge in [-0.05, 0) is 35.6 Å². The summed E-state index contributed by atoms with van der Waals surface area (Å²) in [5.41, 5.74) is 0.733. The Balaban J connectivity index is 2.17. The number of hydrogen-bond donors (Lipinski definition) is 2. The molecular weight excluding hydrogens is 359 g/mol. The Morgan fingerprint density at radius 1 is 1.11 bits per heavy atom. The van der Waals surface area contributed by atoms with E-state index in [1.807, 2.05) is 0 Å². The van der Waals surface area contributed by atoms with Crippen molar-refractivity contribution >= 4 is 18.0 Å². The van der Waals surface area contributed by atoms with Crippen LogP contribution in [0.3, 0.4) is 0 Å². The maximum absolute atomic E-state index is 13.5. The fourth-order valence-corrected chi connectivity index (χ4v) is 2.78. The van der Waals surface area contributed by atoms with Gasteiger partial charge in [0.1, 0.15) is 0 Å². The van der Waals surface area contributed by atoms with E-state index < -0.39 is 17.6 Å². The first-order valence-electron chi connectivity index (χ1n) is 8.22. The summed E-state index contributed by atoms with van der Waals surface area (Å²) in [5, 5.41) is 3.24. The average Bonchev–Trinajstić information content (AvgIpc) is 2.59. The number of hydrogen-bond acceptors (Lipinski definition) is 3. The molecule has 144 valence electrons. The maximum Gasteiger partial charge on any atom is 0.418 e. The minimum atomic E-state index is -4.57. The van der Waals surface area contributed by atoms with Gasteiger partial charge in [0, 0.05) is 6.92 Å². The van der Waals surface area contributed by atoms with Crippen LogP contribution < -0.4 is 11.2 Å². The number of anilines is 1. The number of alkyl halides is 3. The molecular formula is C19H20F3N3O2. The van der Waals surface area contributed by atoms with Crippen molar-refractivity contribution in [1.29, 1.82) is 0 Å². The normalized spacial score (nSPS) is 11.1. The van der Waals surface area contributed by atoms with Crippen LogP contribution in [-0.4, -0.2) is 17.3 Å². The number of rotatable bonds is 7.